The van der Waals surface area contributed by atoms with Gasteiger partial charge in [-0.1, -0.05) is 6.07 Å². The van der Waals surface area contributed by atoms with Gasteiger partial charge in [0.15, 0.2) is 0 Å². The molecule has 0 aromatic heterocycles. The summed E-state index contributed by atoms with van der Waals surface area (Å²) in [5.41, 5.74) is 1.31. The van der Waals surface area contributed by atoms with Gasteiger partial charge < -0.3 is 4.74 Å². The molecule has 102 valence electrons. The summed E-state index contributed by atoms with van der Waals surface area (Å²) in [6, 6.07) is 10.5. The third-order valence-electron chi connectivity index (χ3n) is 2.67. The highest BCUT2D eigenvalue weighted by molar-refractivity contribution is 7.98. The Bertz CT molecular complexity index is 667. The fourth-order valence-electron chi connectivity index (χ4n) is 1.67. The third-order valence-corrected chi connectivity index (χ3v) is 3.78. The lowest BCUT2D eigenvalue weighted by molar-refractivity contribution is 0.413. The van der Waals surface area contributed by atoms with E-state index in [4.69, 9.17) is 10.00 Å². The monoisotopic (exact) mass is 291 g/mol. The third kappa shape index (κ3) is 3.28. The van der Waals surface area contributed by atoms with Gasteiger partial charge >= 0.3 is 0 Å². The molecule has 2 aromatic rings. The van der Waals surface area contributed by atoms with Gasteiger partial charge in [0.2, 0.25) is 0 Å². The summed E-state index contributed by atoms with van der Waals surface area (Å²) in [5, 5.41) is 8.89. The van der Waals surface area contributed by atoms with Crippen LogP contribution in [-0.2, 0) is 5.75 Å². The zero-order valence-corrected chi connectivity index (χ0v) is 11.5. The quantitative estimate of drug-likeness (QED) is 0.794. The van der Waals surface area contributed by atoms with Crippen LogP contribution in [0.2, 0.25) is 0 Å². The first-order valence-electron chi connectivity index (χ1n) is 5.79. The van der Waals surface area contributed by atoms with Crippen molar-refractivity contribution >= 4 is 11.8 Å². The van der Waals surface area contributed by atoms with E-state index in [2.05, 4.69) is 0 Å². The zero-order chi connectivity index (χ0) is 14.5. The SMILES string of the molecule is COc1cc(CSc2cc(F)ccc2F)ccc1C#N. The van der Waals surface area contributed by atoms with Crippen LogP contribution >= 0.6 is 11.8 Å². The molecule has 0 N–H and O–H groups in total. The molecule has 2 aromatic carbocycles. The summed E-state index contributed by atoms with van der Waals surface area (Å²) in [7, 11) is 1.49. The van der Waals surface area contributed by atoms with Gasteiger partial charge in [0, 0.05) is 10.6 Å². The van der Waals surface area contributed by atoms with Gasteiger partial charge in [-0.2, -0.15) is 5.26 Å². The Morgan fingerprint density at radius 3 is 2.70 bits per heavy atom. The Labute approximate surface area is 120 Å². The van der Waals surface area contributed by atoms with Crippen LogP contribution in [0.5, 0.6) is 5.75 Å². The number of thioether (sulfide) groups is 1. The molecule has 0 amide bonds. The number of hydrogen-bond acceptors (Lipinski definition) is 3. The molecule has 2 nitrogen and oxygen atoms in total. The van der Waals surface area contributed by atoms with Crippen LogP contribution in [0.25, 0.3) is 0 Å². The number of rotatable bonds is 4. The van der Waals surface area contributed by atoms with Crippen LogP contribution in [0, 0.1) is 23.0 Å². The fourth-order valence-corrected chi connectivity index (χ4v) is 2.57. The predicted molar refractivity (Wildman–Crippen MR) is 73.6 cm³/mol. The lowest BCUT2D eigenvalue weighted by Crippen LogP contribution is -1.91. The summed E-state index contributed by atoms with van der Waals surface area (Å²) in [6.07, 6.45) is 0. The Hall–Kier alpha value is -2.06. The highest BCUT2D eigenvalue weighted by Gasteiger charge is 2.07. The number of nitrogens with zero attached hydrogens (tertiary/aromatic N) is 1. The van der Waals surface area contributed by atoms with Crippen molar-refractivity contribution in [1.82, 2.24) is 0 Å². The molecule has 0 aliphatic heterocycles. The van der Waals surface area contributed by atoms with Crippen molar-refractivity contribution < 1.29 is 13.5 Å². The number of benzene rings is 2. The summed E-state index contributed by atoms with van der Waals surface area (Å²) in [5.74, 6) is 0.0243. The lowest BCUT2D eigenvalue weighted by atomic mass is 10.1. The van der Waals surface area contributed by atoms with Gasteiger partial charge in [-0.3, -0.25) is 0 Å². The Morgan fingerprint density at radius 1 is 1.20 bits per heavy atom. The molecule has 0 radical (unpaired) electrons. The van der Waals surface area contributed by atoms with Crippen LogP contribution in [0.15, 0.2) is 41.3 Å². The van der Waals surface area contributed by atoms with E-state index in [1.165, 1.54) is 24.9 Å². The molecule has 0 spiro atoms. The first-order chi connectivity index (χ1) is 9.63. The maximum absolute atomic E-state index is 13.5. The highest BCUT2D eigenvalue weighted by Crippen LogP contribution is 2.28. The van der Waals surface area contributed by atoms with Crippen LogP contribution in [0.3, 0.4) is 0 Å². The summed E-state index contributed by atoms with van der Waals surface area (Å²) in [4.78, 5) is 0.258. The molecule has 0 heterocycles. The minimum absolute atomic E-state index is 0.258. The molecule has 0 bridgehead atoms. The highest BCUT2D eigenvalue weighted by atomic mass is 32.2. The summed E-state index contributed by atoms with van der Waals surface area (Å²) < 4.78 is 31.6. The number of methoxy groups -OCH3 is 1. The van der Waals surface area contributed by atoms with Gasteiger partial charge in [0.1, 0.15) is 23.5 Å². The normalized spacial score (nSPS) is 10.1. The summed E-state index contributed by atoms with van der Waals surface area (Å²) in [6.45, 7) is 0. The van der Waals surface area contributed by atoms with Crippen molar-refractivity contribution in [2.24, 2.45) is 0 Å². The van der Waals surface area contributed by atoms with Crippen molar-refractivity contribution in [3.05, 3.63) is 59.2 Å². The second-order valence-corrected chi connectivity index (χ2v) is 5.03. The standard InChI is InChI=1S/C15H11F2NOS/c1-19-14-6-10(2-3-11(14)8-18)9-20-15-7-12(16)4-5-13(15)17/h2-7H,9H2,1H3. The second kappa shape index (κ2) is 6.40. The number of nitriles is 1. The number of halogens is 2. The van der Waals surface area contributed by atoms with E-state index < -0.39 is 11.6 Å². The molecule has 0 saturated heterocycles. The van der Waals surface area contributed by atoms with E-state index in [9.17, 15) is 8.78 Å². The van der Waals surface area contributed by atoms with E-state index in [1.807, 2.05) is 6.07 Å². The molecular formula is C15H11F2NOS. The fraction of sp³-hybridized carbons (Fsp3) is 0.133. The van der Waals surface area contributed by atoms with Crippen molar-refractivity contribution in [2.45, 2.75) is 10.6 Å². The van der Waals surface area contributed by atoms with Crippen LogP contribution in [0.4, 0.5) is 8.78 Å². The van der Waals surface area contributed by atoms with Crippen molar-refractivity contribution in [3.8, 4) is 11.8 Å². The van der Waals surface area contributed by atoms with Crippen LogP contribution in [0.1, 0.15) is 11.1 Å². The minimum Gasteiger partial charge on any atom is -0.495 e. The zero-order valence-electron chi connectivity index (χ0n) is 10.7. The van der Waals surface area contributed by atoms with Crippen molar-refractivity contribution in [3.63, 3.8) is 0 Å². The van der Waals surface area contributed by atoms with E-state index in [1.54, 1.807) is 18.2 Å². The van der Waals surface area contributed by atoms with Crippen LogP contribution < -0.4 is 4.74 Å². The van der Waals surface area contributed by atoms with Gasteiger partial charge in [0.25, 0.3) is 0 Å². The minimum atomic E-state index is -0.466. The van der Waals surface area contributed by atoms with E-state index in [-0.39, 0.29) is 4.90 Å². The molecular weight excluding hydrogens is 280 g/mol. The average molecular weight is 291 g/mol. The van der Waals surface area contributed by atoms with Crippen molar-refractivity contribution in [1.29, 1.82) is 5.26 Å². The van der Waals surface area contributed by atoms with E-state index in [0.717, 1.165) is 17.7 Å². The molecule has 0 saturated carbocycles. The Kier molecular flexibility index (Phi) is 4.59. The maximum Gasteiger partial charge on any atom is 0.136 e. The molecule has 5 heteroatoms. The Balaban J connectivity index is 2.15. The molecule has 0 fully saturated rings. The molecule has 2 rings (SSSR count). The first-order valence-corrected chi connectivity index (χ1v) is 6.77. The molecule has 0 aliphatic carbocycles. The molecule has 0 atom stereocenters. The largest absolute Gasteiger partial charge is 0.495 e. The smallest absolute Gasteiger partial charge is 0.136 e. The van der Waals surface area contributed by atoms with Gasteiger partial charge in [-0.15, -0.1) is 11.8 Å². The number of ether oxygens (including phenoxy) is 1. The average Bonchev–Trinajstić information content (AvgIpc) is 2.47. The molecule has 0 aliphatic rings. The van der Waals surface area contributed by atoms with Gasteiger partial charge in [-0.25, -0.2) is 8.78 Å². The maximum atomic E-state index is 13.5. The van der Waals surface area contributed by atoms with E-state index >= 15 is 0 Å². The van der Waals surface area contributed by atoms with Crippen molar-refractivity contribution in [2.75, 3.05) is 7.11 Å². The van der Waals surface area contributed by atoms with Crippen LogP contribution in [-0.4, -0.2) is 7.11 Å². The molecule has 0 unspecified atom stereocenters. The second-order valence-electron chi connectivity index (χ2n) is 4.01. The molecule has 20 heavy (non-hydrogen) atoms. The first kappa shape index (κ1) is 14.4. The van der Waals surface area contributed by atoms with Gasteiger partial charge in [0.05, 0.1) is 12.7 Å². The predicted octanol–water partition coefficient (Wildman–Crippen LogP) is 4.14. The lowest BCUT2D eigenvalue weighted by Gasteiger charge is -2.07. The summed E-state index contributed by atoms with van der Waals surface area (Å²) >= 11 is 1.19. The Morgan fingerprint density at radius 2 is 2.00 bits per heavy atom. The van der Waals surface area contributed by atoms with E-state index in [0.29, 0.717) is 17.1 Å². The topological polar surface area (TPSA) is 33.0 Å². The number of hydrogen-bond donors (Lipinski definition) is 0. The van der Waals surface area contributed by atoms with Gasteiger partial charge in [-0.05, 0) is 35.9 Å².